The van der Waals surface area contributed by atoms with Gasteiger partial charge in [-0.3, -0.25) is 43.2 Å². The number of nitrogens with zero attached hydrogens (tertiary/aromatic N) is 1. The molecule has 602 valence electrons. The largest absolute Gasteiger partial charge is 0.462 e. The maximum atomic E-state index is 12.8. The average Bonchev–Trinajstić information content (AvgIpc) is 1.55. The third-order valence-corrected chi connectivity index (χ3v) is 31.9. The van der Waals surface area contributed by atoms with E-state index in [4.69, 9.17) is 52.6 Å². The summed E-state index contributed by atoms with van der Waals surface area (Å²) in [6, 6.07) is 2.28. The first-order valence-electron chi connectivity index (χ1n) is 40.9. The molecule has 18 bridgehead atoms. The molecule has 108 heavy (non-hydrogen) atoms. The van der Waals surface area contributed by atoms with Gasteiger partial charge < -0.3 is 57.6 Å². The van der Waals surface area contributed by atoms with Crippen LogP contribution in [0.1, 0.15) is 213 Å². The van der Waals surface area contributed by atoms with Crippen LogP contribution in [0.2, 0.25) is 0 Å². The molecule has 0 aromatic rings. The van der Waals surface area contributed by atoms with E-state index in [0.29, 0.717) is 72.0 Å². The summed E-state index contributed by atoms with van der Waals surface area (Å²) in [5, 5.41) is 27.9. The quantitative estimate of drug-likeness (QED) is 0.182. The minimum absolute atomic E-state index is 0.0197. The highest BCUT2D eigenvalue weighted by molar-refractivity contribution is 5.80. The second kappa shape index (κ2) is 29.7. The highest BCUT2D eigenvalue weighted by Crippen LogP contribution is 2.65. The van der Waals surface area contributed by atoms with E-state index in [-0.39, 0.29) is 184 Å². The predicted molar refractivity (Wildman–Crippen MR) is 376 cm³/mol. The summed E-state index contributed by atoms with van der Waals surface area (Å²) in [6.07, 6.45) is 12.5. The zero-order chi connectivity index (χ0) is 78.4. The summed E-state index contributed by atoms with van der Waals surface area (Å²) in [5.41, 5.74) is 0.0747. The topological polar surface area (TPSA) is 310 Å². The van der Waals surface area contributed by atoms with Gasteiger partial charge in [0, 0.05) is 60.9 Å². The molecule has 9 heterocycles. The first kappa shape index (κ1) is 80.4. The lowest BCUT2D eigenvalue weighted by Gasteiger charge is -2.42. The van der Waals surface area contributed by atoms with Crippen LogP contribution in [0.15, 0.2) is 0 Å². The minimum Gasteiger partial charge on any atom is -0.462 e. The Hall–Kier alpha value is -5.61. The number of hydrogen-bond acceptors (Lipinski definition) is 22. The maximum Gasteiger partial charge on any atom is 0.392 e. The number of carbonyl (C=O) groups is 9. The summed E-state index contributed by atoms with van der Waals surface area (Å²) in [5.74, 6) is 1.43. The van der Waals surface area contributed by atoms with Gasteiger partial charge in [-0.15, -0.1) is 0 Å². The van der Waals surface area contributed by atoms with Crippen molar-refractivity contribution in [2.75, 3.05) is 7.11 Å². The number of halogens is 3. The number of methoxy groups -OCH3 is 1. The number of ether oxygens (including phenoxy) is 10. The van der Waals surface area contributed by atoms with Crippen molar-refractivity contribution < 1.29 is 114 Å². The van der Waals surface area contributed by atoms with Gasteiger partial charge in [0.2, 0.25) is 0 Å². The van der Waals surface area contributed by atoms with Crippen LogP contribution in [-0.2, 0) is 90.5 Å². The molecule has 0 aromatic carbocycles. The number of fused-ring (bicyclic) bond motifs is 15. The van der Waals surface area contributed by atoms with E-state index in [9.17, 15) is 66.5 Å². The molecule has 21 aliphatic rings. The molecule has 22 nitrogen and oxygen atoms in total. The molecule has 25 heteroatoms. The molecule has 12 aliphatic carbocycles. The Morgan fingerprint density at radius 1 is 0.444 bits per heavy atom. The lowest BCUT2D eigenvalue weighted by Crippen LogP contribution is -2.45. The van der Waals surface area contributed by atoms with Gasteiger partial charge in [0.05, 0.1) is 89.5 Å². The van der Waals surface area contributed by atoms with Crippen molar-refractivity contribution in [1.82, 2.24) is 0 Å². The molecule has 9 saturated heterocycles. The summed E-state index contributed by atoms with van der Waals surface area (Å²) in [7, 11) is 1.71. The fourth-order valence-corrected chi connectivity index (χ4v) is 23.7. The van der Waals surface area contributed by atoms with Crippen molar-refractivity contribution in [1.29, 1.82) is 5.26 Å². The van der Waals surface area contributed by atoms with Gasteiger partial charge in [-0.1, -0.05) is 83.1 Å². The summed E-state index contributed by atoms with van der Waals surface area (Å²) in [4.78, 5) is 101. The highest BCUT2D eigenvalue weighted by atomic mass is 19.4. The van der Waals surface area contributed by atoms with E-state index >= 15 is 0 Å². The molecule has 0 spiro atoms. The molecule has 0 radical (unpaired) electrons. The van der Waals surface area contributed by atoms with Crippen LogP contribution in [-0.4, -0.2) is 149 Å². The zero-order valence-electron chi connectivity index (χ0n) is 65.7. The Morgan fingerprint density at radius 2 is 0.954 bits per heavy atom. The first-order chi connectivity index (χ1) is 50.6. The molecular formula is C83H118F3NO21. The minimum atomic E-state index is -4.26. The van der Waals surface area contributed by atoms with E-state index in [1.165, 1.54) is 6.42 Å². The van der Waals surface area contributed by atoms with Crippen molar-refractivity contribution in [2.45, 2.75) is 291 Å². The first-order valence-corrected chi connectivity index (χ1v) is 40.9. The molecule has 37 unspecified atom stereocenters. The number of nitriles is 1. The number of aliphatic hydroxyl groups excluding tert-OH is 2. The Kier molecular flexibility index (Phi) is 22.1. The number of esters is 9. The van der Waals surface area contributed by atoms with Crippen LogP contribution in [0.5, 0.6) is 0 Å². The van der Waals surface area contributed by atoms with Crippen LogP contribution in [0.3, 0.4) is 0 Å². The Morgan fingerprint density at radius 3 is 1.57 bits per heavy atom. The highest BCUT2D eigenvalue weighted by Gasteiger charge is 2.72. The van der Waals surface area contributed by atoms with Crippen LogP contribution >= 0.6 is 0 Å². The lowest BCUT2D eigenvalue weighted by molar-refractivity contribution is -0.202. The van der Waals surface area contributed by atoms with Gasteiger partial charge in [0.25, 0.3) is 0 Å². The monoisotopic (exact) mass is 1520 g/mol. The van der Waals surface area contributed by atoms with Crippen molar-refractivity contribution in [3.05, 3.63) is 0 Å². The fourth-order valence-electron chi connectivity index (χ4n) is 23.7. The van der Waals surface area contributed by atoms with Crippen LogP contribution in [0.4, 0.5) is 13.2 Å². The molecule has 0 amide bonds. The molecular weight excluding hydrogens is 1400 g/mol. The predicted octanol–water partition coefficient (Wildman–Crippen LogP) is 11.6. The van der Waals surface area contributed by atoms with E-state index < -0.39 is 48.0 Å². The smallest absolute Gasteiger partial charge is 0.392 e. The summed E-state index contributed by atoms with van der Waals surface area (Å²) >= 11 is 0. The van der Waals surface area contributed by atoms with Crippen LogP contribution < -0.4 is 0 Å². The number of carbonyl (C=O) groups excluding carboxylic acids is 9. The van der Waals surface area contributed by atoms with Gasteiger partial charge in [-0.25, -0.2) is 0 Å². The van der Waals surface area contributed by atoms with E-state index in [1.807, 2.05) is 0 Å². The summed E-state index contributed by atoms with van der Waals surface area (Å²) < 4.78 is 91.0. The number of rotatable bonds is 1. The van der Waals surface area contributed by atoms with Gasteiger partial charge in [0.15, 0.2) is 0 Å². The lowest BCUT2D eigenvalue weighted by atomic mass is 9.65. The fraction of sp³-hybridized carbons (Fsp3) is 0.880. The number of hydrogen-bond donors (Lipinski definition) is 2. The van der Waals surface area contributed by atoms with Crippen LogP contribution in [0, 0.1) is 170 Å². The molecule has 12 saturated carbocycles. The van der Waals surface area contributed by atoms with E-state index in [1.54, 1.807) is 21.0 Å². The average molecular weight is 1520 g/mol. The Bertz CT molecular complexity index is 3510. The Labute approximate surface area is 633 Å². The molecule has 37 atom stereocenters. The normalized spacial score (nSPS) is 50.0. The second-order valence-electron chi connectivity index (χ2n) is 38.5. The molecule has 0 aromatic heterocycles. The van der Waals surface area contributed by atoms with Gasteiger partial charge in [0.1, 0.15) is 53.9 Å². The maximum absolute atomic E-state index is 12.8. The van der Waals surface area contributed by atoms with Gasteiger partial charge >= 0.3 is 59.9 Å². The Balaban J connectivity index is 0.000000107. The van der Waals surface area contributed by atoms with E-state index in [2.05, 4.69) is 89.2 Å². The van der Waals surface area contributed by atoms with Crippen molar-refractivity contribution in [2.24, 2.45) is 159 Å². The van der Waals surface area contributed by atoms with Crippen molar-refractivity contribution >= 4 is 53.7 Å². The van der Waals surface area contributed by atoms with Crippen molar-refractivity contribution in [3.63, 3.8) is 0 Å². The third-order valence-electron chi connectivity index (χ3n) is 31.9. The van der Waals surface area contributed by atoms with Gasteiger partial charge in [-0.2, -0.15) is 18.4 Å². The molecule has 21 rings (SSSR count). The zero-order valence-corrected chi connectivity index (χ0v) is 65.7. The molecule has 2 N–H and O–H groups in total. The standard InChI is InChI=1S/C10H11F3O2.C10H11NO2.C10H14O3.C10H16O2.3C9H14O2.C8H12O4.C8H12O2/c1-3-4-2-5-6(7(4)10(11,12)13)9(14)15-8(3)5;1-4-5-2-6-8(7(5)3-11)10(12)13-9(4)6;1-4-5-3-6-7(9(5)12-2)10(11)13-8(4)6;1-9(2)5-4-7-6-10(9,3)12-8(7)11;1-5-3-7-4-8(6(5)2)11-9(7)10;1-9(2)4-3-6-5-7(9)11-8(6)10;1-6-3-4-7-5-9(6,2)11-8(7)10;1-3-5-2-4(8(11)12-5)7(10)6(3)9;1-5-2-3-6-4-7(5)10-8(6)9/h3-8H,2H2,1H3;4-9H,2H2,1H3;4-9H,3H2,1-2H3;7H,4-6H2,1-3H3;5-8H,3-4H2,1-2H3;2*6-7H,3-5H2,1-2H3;3-7,9-10H,2H2,1H3;5-7H,2-4H2,1H3. The number of alkyl halides is 3. The molecule has 9 aliphatic heterocycles. The van der Waals surface area contributed by atoms with Crippen LogP contribution in [0.25, 0.3) is 0 Å². The number of aliphatic hydroxyl groups is 2. The van der Waals surface area contributed by atoms with Gasteiger partial charge in [-0.05, 0) is 169 Å². The second-order valence-corrected chi connectivity index (χ2v) is 38.5. The van der Waals surface area contributed by atoms with E-state index in [0.717, 1.165) is 96.3 Å². The molecule has 21 fully saturated rings. The third kappa shape index (κ3) is 14.3. The summed E-state index contributed by atoms with van der Waals surface area (Å²) in [6.45, 7) is 29.5. The van der Waals surface area contributed by atoms with Crippen molar-refractivity contribution in [3.8, 4) is 6.07 Å². The SMILES string of the molecule is CC1(C)CCC2CC1(C)OC2=O.CC1(C)CCC2CC1OC2=O.CC1C2CC(C(=O)O2)C(O)C1O.CC1C2CC3C1OC(=O)C3C2C#N.CC1C2CC3C1OC(=O)C3C2C(F)(F)F.CC1CC2CC(OC2=O)C1C.CC1CCC2CC1(C)OC2=O.CC1CCC2CC1OC2=O.COC1C2CC3C(OC(=O)C31)C2C.